The van der Waals surface area contributed by atoms with Crippen molar-refractivity contribution in [1.82, 2.24) is 0 Å². The van der Waals surface area contributed by atoms with Gasteiger partial charge in [0.1, 0.15) is 23.0 Å². The number of nitrogens with one attached hydrogen (secondary N) is 1. The summed E-state index contributed by atoms with van der Waals surface area (Å²) in [5.41, 5.74) is 1.55. The highest BCUT2D eigenvalue weighted by Gasteiger charge is 2.14. The predicted octanol–water partition coefficient (Wildman–Crippen LogP) is 4.54. The molecular weight excluding hydrogens is 358 g/mol. The Labute approximate surface area is 164 Å². The maximum atomic E-state index is 12.5. The van der Waals surface area contributed by atoms with Crippen molar-refractivity contribution in [3.8, 4) is 17.2 Å². The van der Waals surface area contributed by atoms with Crippen LogP contribution in [0.15, 0.2) is 59.0 Å². The molecule has 0 spiro atoms. The molecule has 3 rings (SSSR count). The van der Waals surface area contributed by atoms with Crippen molar-refractivity contribution in [1.29, 1.82) is 0 Å². The minimum absolute atomic E-state index is 0.235. The van der Waals surface area contributed by atoms with E-state index in [1.54, 1.807) is 38.5 Å². The zero-order chi connectivity index (χ0) is 19.9. The van der Waals surface area contributed by atoms with Gasteiger partial charge in [-0.3, -0.25) is 4.79 Å². The van der Waals surface area contributed by atoms with E-state index < -0.39 is 0 Å². The summed E-state index contributed by atoms with van der Waals surface area (Å²) < 4.78 is 21.8. The monoisotopic (exact) mass is 381 g/mol. The van der Waals surface area contributed by atoms with E-state index in [9.17, 15) is 4.79 Å². The Balaban J connectivity index is 1.72. The molecule has 0 fully saturated rings. The van der Waals surface area contributed by atoms with Crippen LogP contribution in [0.1, 0.15) is 28.8 Å². The average molecular weight is 381 g/mol. The summed E-state index contributed by atoms with van der Waals surface area (Å²) in [5, 5.41) is 2.82. The maximum Gasteiger partial charge on any atom is 0.291 e. The lowest BCUT2D eigenvalue weighted by atomic mass is 10.1. The van der Waals surface area contributed by atoms with Crippen LogP contribution in [0.3, 0.4) is 0 Å². The molecular formula is C22H23NO5. The van der Waals surface area contributed by atoms with Gasteiger partial charge in [-0.2, -0.15) is 0 Å². The van der Waals surface area contributed by atoms with Crippen LogP contribution in [-0.4, -0.2) is 26.7 Å². The normalized spacial score (nSPS) is 10.4. The quantitative estimate of drug-likeness (QED) is 0.620. The molecule has 1 heterocycles. The Kier molecular flexibility index (Phi) is 6.22. The molecule has 0 saturated carbocycles. The van der Waals surface area contributed by atoms with E-state index in [0.717, 1.165) is 17.1 Å². The summed E-state index contributed by atoms with van der Waals surface area (Å²) in [6, 6.07) is 16.2. The number of furan rings is 1. The van der Waals surface area contributed by atoms with Gasteiger partial charge in [-0.25, -0.2) is 0 Å². The summed E-state index contributed by atoms with van der Waals surface area (Å²) in [4.78, 5) is 12.5. The number of anilines is 1. The van der Waals surface area contributed by atoms with E-state index >= 15 is 0 Å². The minimum Gasteiger partial charge on any atom is -0.497 e. The summed E-state index contributed by atoms with van der Waals surface area (Å²) in [5.74, 6) is 2.73. The van der Waals surface area contributed by atoms with E-state index in [1.165, 1.54) is 0 Å². The number of ether oxygens (including phenoxy) is 3. The lowest BCUT2D eigenvalue weighted by molar-refractivity contribution is 0.0995. The van der Waals surface area contributed by atoms with Crippen molar-refractivity contribution in [2.75, 3.05) is 26.1 Å². The first-order valence-corrected chi connectivity index (χ1v) is 8.96. The maximum absolute atomic E-state index is 12.5. The van der Waals surface area contributed by atoms with Crippen LogP contribution in [0.25, 0.3) is 0 Å². The van der Waals surface area contributed by atoms with Crippen molar-refractivity contribution in [3.05, 3.63) is 71.7 Å². The van der Waals surface area contributed by atoms with Crippen molar-refractivity contribution >= 4 is 11.6 Å². The average Bonchev–Trinajstić information content (AvgIpc) is 3.17. The number of benzene rings is 2. The zero-order valence-corrected chi connectivity index (χ0v) is 16.2. The van der Waals surface area contributed by atoms with Crippen molar-refractivity contribution in [2.24, 2.45) is 0 Å². The Morgan fingerprint density at radius 2 is 1.86 bits per heavy atom. The first kappa shape index (κ1) is 19.4. The molecule has 0 atom stereocenters. The van der Waals surface area contributed by atoms with E-state index in [2.05, 4.69) is 5.32 Å². The van der Waals surface area contributed by atoms with E-state index in [1.807, 2.05) is 37.3 Å². The summed E-state index contributed by atoms with van der Waals surface area (Å²) in [6.07, 6.45) is 0.480. The molecule has 0 aliphatic carbocycles. The van der Waals surface area contributed by atoms with Gasteiger partial charge in [-0.1, -0.05) is 6.07 Å². The summed E-state index contributed by atoms with van der Waals surface area (Å²) >= 11 is 0. The fourth-order valence-electron chi connectivity index (χ4n) is 2.83. The van der Waals surface area contributed by atoms with Crippen molar-refractivity contribution < 1.29 is 23.4 Å². The first-order valence-electron chi connectivity index (χ1n) is 8.96. The molecule has 0 bridgehead atoms. The SMILES string of the molecule is CCOc1cccc(NC(=O)c2ccc(Cc3cc(OC)ccc3OC)o2)c1. The van der Waals surface area contributed by atoms with Crippen LogP contribution in [0, 0.1) is 0 Å². The minimum atomic E-state index is -0.322. The molecule has 0 unspecified atom stereocenters. The van der Waals surface area contributed by atoms with Gasteiger partial charge in [-0.15, -0.1) is 0 Å². The third-order valence-corrected chi connectivity index (χ3v) is 4.14. The molecule has 6 heteroatoms. The molecule has 1 amide bonds. The van der Waals surface area contributed by atoms with Gasteiger partial charge in [0.2, 0.25) is 0 Å². The van der Waals surface area contributed by atoms with Crippen LogP contribution in [0.5, 0.6) is 17.2 Å². The van der Waals surface area contributed by atoms with Crippen molar-refractivity contribution in [3.63, 3.8) is 0 Å². The molecule has 0 radical (unpaired) electrons. The number of carbonyl (C=O) groups is 1. The zero-order valence-electron chi connectivity index (χ0n) is 16.2. The van der Waals surface area contributed by atoms with Gasteiger partial charge in [0.25, 0.3) is 5.91 Å². The molecule has 2 aromatic carbocycles. The molecule has 0 saturated heterocycles. The number of rotatable bonds is 8. The number of hydrogen-bond acceptors (Lipinski definition) is 5. The van der Waals surface area contributed by atoms with Gasteiger partial charge in [0.05, 0.1) is 20.8 Å². The third kappa shape index (κ3) is 4.65. The van der Waals surface area contributed by atoms with Gasteiger partial charge in [0, 0.05) is 23.7 Å². The molecule has 146 valence electrons. The highest BCUT2D eigenvalue weighted by molar-refractivity contribution is 6.02. The van der Waals surface area contributed by atoms with Gasteiger partial charge >= 0.3 is 0 Å². The molecule has 0 aliphatic heterocycles. The summed E-state index contributed by atoms with van der Waals surface area (Å²) in [6.45, 7) is 2.47. The second-order valence-electron chi connectivity index (χ2n) is 6.04. The molecule has 0 aliphatic rings. The van der Waals surface area contributed by atoms with Crippen LogP contribution in [0.2, 0.25) is 0 Å². The van der Waals surface area contributed by atoms with E-state index in [4.69, 9.17) is 18.6 Å². The van der Waals surface area contributed by atoms with Gasteiger partial charge in [0.15, 0.2) is 5.76 Å². The molecule has 1 aromatic heterocycles. The van der Waals surface area contributed by atoms with Crippen LogP contribution in [-0.2, 0) is 6.42 Å². The molecule has 3 aromatic rings. The van der Waals surface area contributed by atoms with E-state index in [-0.39, 0.29) is 11.7 Å². The lowest BCUT2D eigenvalue weighted by Crippen LogP contribution is -2.10. The van der Waals surface area contributed by atoms with Crippen LogP contribution >= 0.6 is 0 Å². The Bertz CT molecular complexity index is 948. The molecule has 28 heavy (non-hydrogen) atoms. The topological polar surface area (TPSA) is 69.9 Å². The molecule has 1 N–H and O–H groups in total. The number of hydrogen-bond donors (Lipinski definition) is 1. The largest absolute Gasteiger partial charge is 0.497 e. The Morgan fingerprint density at radius 1 is 1.00 bits per heavy atom. The standard InChI is InChI=1S/C22H23NO5/c1-4-27-18-7-5-6-16(14-18)23-22(24)21-11-9-19(28-21)13-15-12-17(25-2)8-10-20(15)26-3/h5-12,14H,4,13H2,1-3H3,(H,23,24). The summed E-state index contributed by atoms with van der Waals surface area (Å²) in [7, 11) is 3.23. The van der Waals surface area contributed by atoms with Gasteiger partial charge in [-0.05, 0) is 49.4 Å². The van der Waals surface area contributed by atoms with Crippen molar-refractivity contribution in [2.45, 2.75) is 13.3 Å². The number of amides is 1. The second kappa shape index (κ2) is 8.99. The van der Waals surface area contributed by atoms with E-state index in [0.29, 0.717) is 30.2 Å². The fourth-order valence-corrected chi connectivity index (χ4v) is 2.83. The predicted molar refractivity (Wildman–Crippen MR) is 107 cm³/mol. The molecule has 6 nitrogen and oxygen atoms in total. The number of carbonyl (C=O) groups excluding carboxylic acids is 1. The third-order valence-electron chi connectivity index (χ3n) is 4.14. The smallest absolute Gasteiger partial charge is 0.291 e. The highest BCUT2D eigenvalue weighted by Crippen LogP contribution is 2.27. The first-order chi connectivity index (χ1) is 13.6. The Morgan fingerprint density at radius 3 is 2.61 bits per heavy atom. The highest BCUT2D eigenvalue weighted by atomic mass is 16.5. The Hall–Kier alpha value is -3.41. The second-order valence-corrected chi connectivity index (χ2v) is 6.04. The number of methoxy groups -OCH3 is 2. The lowest BCUT2D eigenvalue weighted by Gasteiger charge is -2.09. The van der Waals surface area contributed by atoms with Gasteiger partial charge < -0.3 is 23.9 Å². The van der Waals surface area contributed by atoms with Crippen LogP contribution in [0.4, 0.5) is 5.69 Å². The van der Waals surface area contributed by atoms with Crippen LogP contribution < -0.4 is 19.5 Å². The fraction of sp³-hybridized carbons (Fsp3) is 0.227.